The Labute approximate surface area is 105 Å². The normalized spacial score (nSPS) is 12.5. The number of benzene rings is 1. The second kappa shape index (κ2) is 6.65. The van der Waals surface area contributed by atoms with E-state index < -0.39 is 0 Å². The fourth-order valence-electron chi connectivity index (χ4n) is 2.44. The molecule has 0 bridgehead atoms. The van der Waals surface area contributed by atoms with Crippen molar-refractivity contribution in [2.24, 2.45) is 0 Å². The summed E-state index contributed by atoms with van der Waals surface area (Å²) in [6.07, 6.45) is 2.32. The van der Waals surface area contributed by atoms with Gasteiger partial charge in [0.25, 0.3) is 0 Å². The monoisotopic (exact) mass is 235 g/mol. The van der Waals surface area contributed by atoms with Crippen molar-refractivity contribution in [3.63, 3.8) is 0 Å². The maximum Gasteiger partial charge on any atom is 0.124 e. The lowest BCUT2D eigenvalue weighted by atomic mass is 9.95. The highest BCUT2D eigenvalue weighted by molar-refractivity contribution is 5.45. The van der Waals surface area contributed by atoms with Crippen LogP contribution < -0.4 is 10.1 Å². The SMILES string of the molecule is CCCC(NCC)c1c(C)cc(C)cc1OC. The van der Waals surface area contributed by atoms with Crippen molar-refractivity contribution < 1.29 is 4.74 Å². The number of nitrogens with one attached hydrogen (secondary N) is 1. The van der Waals surface area contributed by atoms with Crippen molar-refractivity contribution in [1.29, 1.82) is 0 Å². The number of methoxy groups -OCH3 is 1. The average Bonchev–Trinajstić information content (AvgIpc) is 2.28. The van der Waals surface area contributed by atoms with Crippen molar-refractivity contribution in [3.05, 3.63) is 28.8 Å². The van der Waals surface area contributed by atoms with E-state index in [-0.39, 0.29) is 0 Å². The van der Waals surface area contributed by atoms with Crippen LogP contribution in [-0.4, -0.2) is 13.7 Å². The van der Waals surface area contributed by atoms with Gasteiger partial charge in [0.05, 0.1) is 7.11 Å². The summed E-state index contributed by atoms with van der Waals surface area (Å²) in [5.41, 5.74) is 3.90. The highest BCUT2D eigenvalue weighted by Gasteiger charge is 2.17. The Morgan fingerprint density at radius 3 is 2.47 bits per heavy atom. The largest absolute Gasteiger partial charge is 0.496 e. The Hall–Kier alpha value is -1.02. The number of hydrogen-bond donors (Lipinski definition) is 1. The molecule has 0 radical (unpaired) electrons. The van der Waals surface area contributed by atoms with Gasteiger partial charge in [-0.3, -0.25) is 0 Å². The lowest BCUT2D eigenvalue weighted by Crippen LogP contribution is -2.22. The lowest BCUT2D eigenvalue weighted by molar-refractivity contribution is 0.394. The van der Waals surface area contributed by atoms with E-state index >= 15 is 0 Å². The van der Waals surface area contributed by atoms with Gasteiger partial charge < -0.3 is 10.1 Å². The topological polar surface area (TPSA) is 21.3 Å². The molecule has 2 nitrogen and oxygen atoms in total. The van der Waals surface area contributed by atoms with Crippen LogP contribution in [0.5, 0.6) is 5.75 Å². The summed E-state index contributed by atoms with van der Waals surface area (Å²) in [5, 5.41) is 3.55. The number of ether oxygens (including phenoxy) is 1. The zero-order valence-corrected chi connectivity index (χ0v) is 11.8. The van der Waals surface area contributed by atoms with Crippen molar-refractivity contribution in [1.82, 2.24) is 5.32 Å². The second-order valence-electron chi connectivity index (χ2n) is 4.60. The Kier molecular flexibility index (Phi) is 5.49. The molecule has 1 atom stereocenters. The molecule has 0 aliphatic rings. The van der Waals surface area contributed by atoms with Gasteiger partial charge in [0.2, 0.25) is 0 Å². The lowest BCUT2D eigenvalue weighted by Gasteiger charge is -2.23. The van der Waals surface area contributed by atoms with Crippen LogP contribution in [0.2, 0.25) is 0 Å². The number of hydrogen-bond acceptors (Lipinski definition) is 2. The fraction of sp³-hybridized carbons (Fsp3) is 0.600. The molecule has 1 aromatic carbocycles. The van der Waals surface area contributed by atoms with E-state index in [2.05, 4.69) is 45.1 Å². The molecular weight excluding hydrogens is 210 g/mol. The molecule has 0 aromatic heterocycles. The van der Waals surface area contributed by atoms with E-state index in [1.54, 1.807) is 7.11 Å². The van der Waals surface area contributed by atoms with E-state index in [1.807, 2.05) is 0 Å². The third kappa shape index (κ3) is 3.47. The summed E-state index contributed by atoms with van der Waals surface area (Å²) >= 11 is 0. The van der Waals surface area contributed by atoms with Gasteiger partial charge in [0, 0.05) is 11.6 Å². The van der Waals surface area contributed by atoms with Crippen LogP contribution in [0.15, 0.2) is 12.1 Å². The van der Waals surface area contributed by atoms with E-state index in [9.17, 15) is 0 Å². The van der Waals surface area contributed by atoms with Crippen molar-refractivity contribution in [3.8, 4) is 5.75 Å². The minimum Gasteiger partial charge on any atom is -0.496 e. The summed E-state index contributed by atoms with van der Waals surface area (Å²) in [5.74, 6) is 1.02. The van der Waals surface area contributed by atoms with Gasteiger partial charge in [-0.2, -0.15) is 0 Å². The highest BCUT2D eigenvalue weighted by atomic mass is 16.5. The van der Waals surface area contributed by atoms with Gasteiger partial charge in [-0.25, -0.2) is 0 Å². The summed E-state index contributed by atoms with van der Waals surface area (Å²) < 4.78 is 5.54. The van der Waals surface area contributed by atoms with Crippen LogP contribution in [0.25, 0.3) is 0 Å². The molecule has 1 unspecified atom stereocenters. The minimum atomic E-state index is 0.403. The summed E-state index contributed by atoms with van der Waals surface area (Å²) in [7, 11) is 1.76. The quantitative estimate of drug-likeness (QED) is 0.810. The minimum absolute atomic E-state index is 0.403. The van der Waals surface area contributed by atoms with E-state index in [0.717, 1.165) is 18.7 Å². The molecular formula is C15H25NO. The van der Waals surface area contributed by atoms with Crippen LogP contribution in [0.4, 0.5) is 0 Å². The van der Waals surface area contributed by atoms with E-state index in [4.69, 9.17) is 4.74 Å². The summed E-state index contributed by atoms with van der Waals surface area (Å²) in [4.78, 5) is 0. The maximum absolute atomic E-state index is 5.54. The Morgan fingerprint density at radius 1 is 1.24 bits per heavy atom. The Balaban J connectivity index is 3.15. The Morgan fingerprint density at radius 2 is 1.94 bits per heavy atom. The maximum atomic E-state index is 5.54. The molecule has 0 heterocycles. The fourth-order valence-corrected chi connectivity index (χ4v) is 2.44. The highest BCUT2D eigenvalue weighted by Crippen LogP contribution is 2.32. The summed E-state index contributed by atoms with van der Waals surface area (Å²) in [6, 6.07) is 4.76. The molecule has 0 fully saturated rings. The van der Waals surface area contributed by atoms with Gasteiger partial charge in [0.15, 0.2) is 0 Å². The average molecular weight is 235 g/mol. The van der Waals surface area contributed by atoms with Crippen LogP contribution in [-0.2, 0) is 0 Å². The van der Waals surface area contributed by atoms with Crippen molar-refractivity contribution in [2.45, 2.75) is 46.6 Å². The van der Waals surface area contributed by atoms with Crippen molar-refractivity contribution in [2.75, 3.05) is 13.7 Å². The van der Waals surface area contributed by atoms with Crippen LogP contribution in [0, 0.1) is 13.8 Å². The Bertz CT molecular complexity index is 354. The molecule has 0 spiro atoms. The first-order chi connectivity index (χ1) is 8.13. The van der Waals surface area contributed by atoms with Gasteiger partial charge >= 0.3 is 0 Å². The molecule has 17 heavy (non-hydrogen) atoms. The third-order valence-electron chi connectivity index (χ3n) is 3.09. The van der Waals surface area contributed by atoms with Crippen LogP contribution >= 0.6 is 0 Å². The van der Waals surface area contributed by atoms with Gasteiger partial charge in [-0.1, -0.05) is 26.3 Å². The molecule has 2 heteroatoms. The molecule has 0 amide bonds. The second-order valence-corrected chi connectivity index (χ2v) is 4.60. The zero-order valence-electron chi connectivity index (χ0n) is 11.8. The standard InChI is InChI=1S/C15H25NO/c1-6-8-13(16-7-2)15-12(4)9-11(3)10-14(15)17-5/h9-10,13,16H,6-8H2,1-5H3. The van der Waals surface area contributed by atoms with Crippen LogP contribution in [0.3, 0.4) is 0 Å². The first kappa shape index (κ1) is 14.0. The van der Waals surface area contributed by atoms with Gasteiger partial charge in [-0.15, -0.1) is 0 Å². The smallest absolute Gasteiger partial charge is 0.124 e. The predicted molar refractivity (Wildman–Crippen MR) is 73.8 cm³/mol. The third-order valence-corrected chi connectivity index (χ3v) is 3.09. The molecule has 1 aromatic rings. The van der Waals surface area contributed by atoms with Gasteiger partial charge in [0.1, 0.15) is 5.75 Å². The molecule has 0 saturated heterocycles. The van der Waals surface area contributed by atoms with Crippen LogP contribution in [0.1, 0.15) is 49.4 Å². The van der Waals surface area contributed by atoms with E-state index in [1.165, 1.54) is 23.1 Å². The predicted octanol–water partition coefficient (Wildman–Crippen LogP) is 3.76. The molecule has 0 aliphatic carbocycles. The molecule has 1 N–H and O–H groups in total. The number of aryl methyl sites for hydroxylation is 2. The first-order valence-corrected chi connectivity index (χ1v) is 6.52. The van der Waals surface area contributed by atoms with Gasteiger partial charge in [-0.05, 0) is 44.0 Å². The van der Waals surface area contributed by atoms with Crippen molar-refractivity contribution >= 4 is 0 Å². The zero-order chi connectivity index (χ0) is 12.8. The summed E-state index contributed by atoms with van der Waals surface area (Å²) in [6.45, 7) is 9.65. The molecule has 0 saturated carbocycles. The number of rotatable bonds is 6. The van der Waals surface area contributed by atoms with E-state index in [0.29, 0.717) is 6.04 Å². The molecule has 96 valence electrons. The molecule has 1 rings (SSSR count). The first-order valence-electron chi connectivity index (χ1n) is 6.52. The molecule has 0 aliphatic heterocycles.